The molecule has 1 aromatic heterocycles. The predicted molar refractivity (Wildman–Crippen MR) is 56.6 cm³/mol. The van der Waals surface area contributed by atoms with Crippen molar-refractivity contribution < 1.29 is 0 Å². The van der Waals surface area contributed by atoms with E-state index in [2.05, 4.69) is 0 Å². The standard InChI is InChI=1S/C9H3Cl2NS/c10-7-4-13-9-6(7)2-1-5(3-12)8(9)11/h1-2,4H. The van der Waals surface area contributed by atoms with Crippen molar-refractivity contribution in [2.75, 3.05) is 0 Å². The van der Waals surface area contributed by atoms with Gasteiger partial charge in [0.25, 0.3) is 0 Å². The van der Waals surface area contributed by atoms with Gasteiger partial charge in [-0.1, -0.05) is 29.3 Å². The number of thiophene rings is 1. The normalized spacial score (nSPS) is 10.2. The highest BCUT2D eigenvalue weighted by Crippen LogP contribution is 2.36. The summed E-state index contributed by atoms with van der Waals surface area (Å²) in [6.07, 6.45) is 0. The van der Waals surface area contributed by atoms with Crippen molar-refractivity contribution in [3.05, 3.63) is 33.1 Å². The van der Waals surface area contributed by atoms with Gasteiger partial charge in [-0.05, 0) is 6.07 Å². The summed E-state index contributed by atoms with van der Waals surface area (Å²) in [5, 5.41) is 12.6. The Morgan fingerprint density at radius 3 is 2.77 bits per heavy atom. The summed E-state index contributed by atoms with van der Waals surface area (Å²) in [5.41, 5.74) is 0.493. The Labute approximate surface area is 89.1 Å². The van der Waals surface area contributed by atoms with Gasteiger partial charge in [0.15, 0.2) is 0 Å². The van der Waals surface area contributed by atoms with Crippen molar-refractivity contribution in [2.45, 2.75) is 0 Å². The Kier molecular flexibility index (Phi) is 2.17. The zero-order valence-corrected chi connectivity index (χ0v) is 8.67. The smallest absolute Gasteiger partial charge is 0.101 e. The first kappa shape index (κ1) is 8.83. The number of rotatable bonds is 0. The van der Waals surface area contributed by atoms with Crippen LogP contribution < -0.4 is 0 Å². The van der Waals surface area contributed by atoms with Crippen molar-refractivity contribution in [3.8, 4) is 6.07 Å². The Morgan fingerprint density at radius 1 is 1.31 bits per heavy atom. The van der Waals surface area contributed by atoms with Crippen molar-refractivity contribution in [2.24, 2.45) is 0 Å². The molecule has 0 aliphatic heterocycles. The lowest BCUT2D eigenvalue weighted by molar-refractivity contribution is 1.50. The van der Waals surface area contributed by atoms with E-state index in [1.807, 2.05) is 17.5 Å². The molecule has 13 heavy (non-hydrogen) atoms. The van der Waals surface area contributed by atoms with Crippen LogP contribution in [0.5, 0.6) is 0 Å². The van der Waals surface area contributed by atoms with E-state index in [0.29, 0.717) is 15.6 Å². The fraction of sp³-hybridized carbons (Fsp3) is 0. The van der Waals surface area contributed by atoms with Crippen LogP contribution in [0.25, 0.3) is 10.1 Å². The number of nitriles is 1. The number of halogens is 2. The van der Waals surface area contributed by atoms with E-state index < -0.39 is 0 Å². The van der Waals surface area contributed by atoms with Crippen molar-refractivity contribution in [3.63, 3.8) is 0 Å². The van der Waals surface area contributed by atoms with Gasteiger partial charge in [-0.15, -0.1) is 11.3 Å². The molecule has 2 aromatic rings. The van der Waals surface area contributed by atoms with E-state index in [1.165, 1.54) is 11.3 Å². The van der Waals surface area contributed by atoms with E-state index in [4.69, 9.17) is 28.5 Å². The molecule has 2 rings (SSSR count). The summed E-state index contributed by atoms with van der Waals surface area (Å²) >= 11 is 13.3. The van der Waals surface area contributed by atoms with Crippen LogP contribution in [0, 0.1) is 11.3 Å². The second-order valence-electron chi connectivity index (χ2n) is 2.50. The Hall–Kier alpha value is -0.750. The highest BCUT2D eigenvalue weighted by molar-refractivity contribution is 7.18. The molecule has 0 saturated heterocycles. The molecule has 0 aliphatic carbocycles. The molecule has 0 atom stereocenters. The van der Waals surface area contributed by atoms with Crippen molar-refractivity contribution in [1.29, 1.82) is 5.26 Å². The van der Waals surface area contributed by atoms with Crippen LogP contribution in [0.4, 0.5) is 0 Å². The zero-order chi connectivity index (χ0) is 9.42. The average Bonchev–Trinajstić information content (AvgIpc) is 2.50. The van der Waals surface area contributed by atoms with E-state index in [0.717, 1.165) is 10.1 Å². The molecule has 0 aliphatic rings. The molecule has 1 heterocycles. The van der Waals surface area contributed by atoms with Gasteiger partial charge in [-0.2, -0.15) is 5.26 Å². The van der Waals surface area contributed by atoms with Gasteiger partial charge >= 0.3 is 0 Å². The molecular weight excluding hydrogens is 225 g/mol. The van der Waals surface area contributed by atoms with Gasteiger partial charge in [0.05, 0.1) is 20.3 Å². The van der Waals surface area contributed by atoms with Gasteiger partial charge in [0, 0.05) is 10.8 Å². The van der Waals surface area contributed by atoms with Crippen LogP contribution in [0.15, 0.2) is 17.5 Å². The quantitative estimate of drug-likeness (QED) is 0.666. The first-order valence-corrected chi connectivity index (χ1v) is 5.13. The topological polar surface area (TPSA) is 23.8 Å². The van der Waals surface area contributed by atoms with Crippen LogP contribution in [-0.4, -0.2) is 0 Å². The molecule has 0 spiro atoms. The third-order valence-electron chi connectivity index (χ3n) is 1.76. The zero-order valence-electron chi connectivity index (χ0n) is 6.34. The minimum absolute atomic E-state index is 0.493. The fourth-order valence-corrected chi connectivity index (χ4v) is 2.67. The van der Waals surface area contributed by atoms with Gasteiger partial charge in [-0.25, -0.2) is 0 Å². The molecule has 0 unspecified atom stereocenters. The summed E-state index contributed by atoms with van der Waals surface area (Å²) in [6.45, 7) is 0. The maximum atomic E-state index is 8.72. The second kappa shape index (κ2) is 3.19. The molecule has 0 saturated carbocycles. The van der Waals surface area contributed by atoms with Gasteiger partial charge in [-0.3, -0.25) is 0 Å². The third kappa shape index (κ3) is 1.30. The van der Waals surface area contributed by atoms with E-state index in [-0.39, 0.29) is 0 Å². The Bertz CT molecular complexity index is 510. The van der Waals surface area contributed by atoms with Crippen LogP contribution in [0.3, 0.4) is 0 Å². The summed E-state index contributed by atoms with van der Waals surface area (Å²) in [6, 6.07) is 5.53. The van der Waals surface area contributed by atoms with Crippen LogP contribution in [0.2, 0.25) is 10.0 Å². The lowest BCUT2D eigenvalue weighted by Crippen LogP contribution is -1.75. The summed E-state index contributed by atoms with van der Waals surface area (Å²) in [7, 11) is 0. The van der Waals surface area contributed by atoms with Gasteiger partial charge < -0.3 is 0 Å². The second-order valence-corrected chi connectivity index (χ2v) is 4.16. The van der Waals surface area contributed by atoms with E-state index >= 15 is 0 Å². The maximum Gasteiger partial charge on any atom is 0.101 e. The van der Waals surface area contributed by atoms with Gasteiger partial charge in [0.1, 0.15) is 6.07 Å². The summed E-state index contributed by atoms with van der Waals surface area (Å²) < 4.78 is 0.880. The molecule has 64 valence electrons. The molecule has 0 amide bonds. The first-order chi connectivity index (χ1) is 6.24. The predicted octanol–water partition coefficient (Wildman–Crippen LogP) is 4.08. The minimum atomic E-state index is 0.493. The average molecular weight is 228 g/mol. The number of benzene rings is 1. The Balaban J connectivity index is 2.90. The third-order valence-corrected chi connectivity index (χ3v) is 3.72. The largest absolute Gasteiger partial charge is 0.192 e. The number of hydrogen-bond acceptors (Lipinski definition) is 2. The number of hydrogen-bond donors (Lipinski definition) is 0. The van der Waals surface area contributed by atoms with E-state index in [1.54, 1.807) is 6.07 Å². The van der Waals surface area contributed by atoms with Crippen LogP contribution in [0.1, 0.15) is 5.56 Å². The molecular formula is C9H3Cl2NS. The lowest BCUT2D eigenvalue weighted by Gasteiger charge is -1.95. The van der Waals surface area contributed by atoms with Gasteiger partial charge in [0.2, 0.25) is 0 Å². The van der Waals surface area contributed by atoms with Crippen LogP contribution in [-0.2, 0) is 0 Å². The molecule has 4 heteroatoms. The fourth-order valence-electron chi connectivity index (χ4n) is 1.12. The lowest BCUT2D eigenvalue weighted by atomic mass is 10.2. The highest BCUT2D eigenvalue weighted by atomic mass is 35.5. The summed E-state index contributed by atoms with van der Waals surface area (Å²) in [4.78, 5) is 0. The van der Waals surface area contributed by atoms with E-state index in [9.17, 15) is 0 Å². The molecule has 1 nitrogen and oxygen atoms in total. The molecule has 0 fully saturated rings. The molecule has 0 radical (unpaired) electrons. The molecule has 0 bridgehead atoms. The Morgan fingerprint density at radius 2 is 2.08 bits per heavy atom. The molecule has 1 aromatic carbocycles. The molecule has 0 N–H and O–H groups in total. The number of fused-ring (bicyclic) bond motifs is 1. The van der Waals surface area contributed by atoms with Crippen LogP contribution >= 0.6 is 34.5 Å². The highest BCUT2D eigenvalue weighted by Gasteiger charge is 2.08. The van der Waals surface area contributed by atoms with Crippen molar-refractivity contribution in [1.82, 2.24) is 0 Å². The van der Waals surface area contributed by atoms with Crippen molar-refractivity contribution >= 4 is 44.6 Å². The minimum Gasteiger partial charge on any atom is -0.192 e. The maximum absolute atomic E-state index is 8.72. The summed E-state index contributed by atoms with van der Waals surface area (Å²) in [5.74, 6) is 0. The monoisotopic (exact) mass is 227 g/mol. The first-order valence-electron chi connectivity index (χ1n) is 3.49. The number of nitrogens with zero attached hydrogens (tertiary/aromatic N) is 1. The SMILES string of the molecule is N#Cc1ccc2c(Cl)csc2c1Cl.